The van der Waals surface area contributed by atoms with Crippen LogP contribution in [0.5, 0.6) is 0 Å². The second-order valence-corrected chi connectivity index (χ2v) is 4.70. The number of rotatable bonds is 1. The number of ether oxygens (including phenoxy) is 2. The zero-order chi connectivity index (χ0) is 11.5. The predicted molar refractivity (Wildman–Crippen MR) is 60.9 cm³/mol. The van der Waals surface area contributed by atoms with Crippen LogP contribution < -0.4 is 0 Å². The highest BCUT2D eigenvalue weighted by molar-refractivity contribution is 6.90. The van der Waals surface area contributed by atoms with Crippen LogP contribution in [0.4, 0.5) is 4.79 Å². The molecule has 0 aromatic rings. The van der Waals surface area contributed by atoms with Crippen LogP contribution in [-0.4, -0.2) is 37.7 Å². The third-order valence-corrected chi connectivity index (χ3v) is 2.16. The van der Waals surface area contributed by atoms with Crippen molar-refractivity contribution in [2.45, 2.75) is 39.0 Å². The summed E-state index contributed by atoms with van der Waals surface area (Å²) in [6, 6.07) is 0. The van der Waals surface area contributed by atoms with Gasteiger partial charge in [-0.3, -0.25) is 9.79 Å². The number of carbonyl (C=O) groups is 1. The first-order valence-corrected chi connectivity index (χ1v) is 5.22. The van der Waals surface area contributed by atoms with Gasteiger partial charge in [0, 0.05) is 12.9 Å². The third kappa shape index (κ3) is 3.94. The van der Waals surface area contributed by atoms with Crippen LogP contribution in [-0.2, 0) is 9.47 Å². The average molecular weight is 211 g/mol. The highest BCUT2D eigenvalue weighted by Gasteiger charge is 2.32. The van der Waals surface area contributed by atoms with Crippen molar-refractivity contribution < 1.29 is 14.3 Å². The maximum atomic E-state index is 11.7. The monoisotopic (exact) mass is 211 g/mol. The summed E-state index contributed by atoms with van der Waals surface area (Å²) in [5.74, 6) is 0.504. The number of aliphatic imine (C=N–C) groups is 1. The number of methoxy groups -OCH3 is 1. The van der Waals surface area contributed by atoms with Gasteiger partial charge in [-0.15, -0.1) is 0 Å². The molecule has 1 aliphatic rings. The maximum Gasteiger partial charge on any atom is 0.289 e. The van der Waals surface area contributed by atoms with Gasteiger partial charge in [-0.1, -0.05) is 0 Å². The van der Waals surface area contributed by atoms with Crippen LogP contribution in [0.3, 0.4) is 0 Å². The summed E-state index contributed by atoms with van der Waals surface area (Å²) in [5, 5.41) is 0. The molecular formula is C10H18BNO3. The van der Waals surface area contributed by atoms with Crippen LogP contribution in [0.25, 0.3) is 0 Å². The highest BCUT2D eigenvalue weighted by Crippen LogP contribution is 2.16. The zero-order valence-electron chi connectivity index (χ0n) is 9.87. The molecule has 0 amide bonds. The Morgan fingerprint density at radius 3 is 2.67 bits per heavy atom. The van der Waals surface area contributed by atoms with Crippen molar-refractivity contribution in [1.29, 1.82) is 0 Å². The Labute approximate surface area is 91.1 Å². The largest absolute Gasteiger partial charge is 0.485 e. The first-order valence-electron chi connectivity index (χ1n) is 5.22. The molecule has 1 rings (SSSR count). The molecule has 15 heavy (non-hydrogen) atoms. The Morgan fingerprint density at radius 1 is 1.47 bits per heavy atom. The predicted octanol–water partition coefficient (Wildman–Crippen LogP) is 2.06. The first-order chi connectivity index (χ1) is 6.92. The number of hydrogen-bond acceptors (Lipinski definition) is 4. The molecule has 0 N–H and O–H groups in total. The molecular weight excluding hydrogens is 193 g/mol. The van der Waals surface area contributed by atoms with E-state index in [2.05, 4.69) is 4.99 Å². The summed E-state index contributed by atoms with van der Waals surface area (Å²) >= 11 is 0. The van der Waals surface area contributed by atoms with Gasteiger partial charge < -0.3 is 9.47 Å². The molecule has 0 saturated heterocycles. The van der Waals surface area contributed by atoms with Gasteiger partial charge in [0.25, 0.3) is 12.6 Å². The van der Waals surface area contributed by atoms with Gasteiger partial charge >= 0.3 is 0 Å². The number of nitrogens with zero attached hydrogens (tertiary/aromatic N) is 1. The van der Waals surface area contributed by atoms with Gasteiger partial charge in [-0.25, -0.2) is 0 Å². The summed E-state index contributed by atoms with van der Waals surface area (Å²) in [6.45, 7) is 6.17. The molecule has 0 spiro atoms. The fourth-order valence-corrected chi connectivity index (χ4v) is 1.46. The van der Waals surface area contributed by atoms with Gasteiger partial charge in [-0.05, 0) is 27.1 Å². The third-order valence-electron chi connectivity index (χ3n) is 2.16. The van der Waals surface area contributed by atoms with E-state index in [0.717, 1.165) is 6.32 Å². The second-order valence-electron chi connectivity index (χ2n) is 4.70. The summed E-state index contributed by atoms with van der Waals surface area (Å²) < 4.78 is 10.4. The maximum absolute atomic E-state index is 11.7. The first kappa shape index (κ1) is 12.1. The topological polar surface area (TPSA) is 47.9 Å². The minimum atomic E-state index is -0.418. The Morgan fingerprint density at radius 2 is 2.13 bits per heavy atom. The van der Waals surface area contributed by atoms with E-state index in [4.69, 9.17) is 9.47 Å². The fraction of sp³-hybridized carbons (Fsp3) is 0.800. The van der Waals surface area contributed by atoms with Crippen molar-refractivity contribution in [3.63, 3.8) is 0 Å². The lowest BCUT2D eigenvalue weighted by Gasteiger charge is -2.24. The van der Waals surface area contributed by atoms with E-state index in [9.17, 15) is 4.79 Å². The van der Waals surface area contributed by atoms with Crippen molar-refractivity contribution in [1.82, 2.24) is 0 Å². The standard InChI is InChI=1S/C10H18BNO3/c1-10(2,3)15-9(13)11-5-6-12-8(7-11)14-4/h5-7H2,1-4H3. The van der Waals surface area contributed by atoms with Crippen molar-refractivity contribution in [3.05, 3.63) is 0 Å². The van der Waals surface area contributed by atoms with Crippen LogP contribution in [0.2, 0.25) is 12.6 Å². The van der Waals surface area contributed by atoms with Crippen LogP contribution in [0.15, 0.2) is 4.99 Å². The molecule has 4 nitrogen and oxygen atoms in total. The van der Waals surface area contributed by atoms with Crippen LogP contribution >= 0.6 is 0 Å². The number of hydrogen-bond donors (Lipinski definition) is 0. The lowest BCUT2D eigenvalue weighted by atomic mass is 9.44. The van der Waals surface area contributed by atoms with E-state index in [-0.39, 0.29) is 12.6 Å². The Kier molecular flexibility index (Phi) is 3.77. The van der Waals surface area contributed by atoms with E-state index in [0.29, 0.717) is 18.8 Å². The molecule has 84 valence electrons. The van der Waals surface area contributed by atoms with Crippen molar-refractivity contribution in [2.75, 3.05) is 13.7 Å². The molecule has 0 unspecified atom stereocenters. The summed E-state index contributed by atoms with van der Waals surface area (Å²) in [5.41, 5.74) is -0.418. The minimum Gasteiger partial charge on any atom is -0.485 e. The Hall–Kier alpha value is -0.995. The van der Waals surface area contributed by atoms with E-state index < -0.39 is 5.60 Å². The van der Waals surface area contributed by atoms with Crippen LogP contribution in [0.1, 0.15) is 20.8 Å². The molecule has 0 bridgehead atoms. The van der Waals surface area contributed by atoms with E-state index in [1.165, 1.54) is 0 Å². The van der Waals surface area contributed by atoms with E-state index in [1.54, 1.807) is 7.11 Å². The lowest BCUT2D eigenvalue weighted by Crippen LogP contribution is -2.37. The molecule has 0 aromatic carbocycles. The van der Waals surface area contributed by atoms with Gasteiger partial charge in [0.2, 0.25) is 0 Å². The van der Waals surface area contributed by atoms with Crippen molar-refractivity contribution >= 4 is 18.5 Å². The van der Waals surface area contributed by atoms with E-state index >= 15 is 0 Å². The molecule has 5 heteroatoms. The zero-order valence-corrected chi connectivity index (χ0v) is 9.87. The second kappa shape index (κ2) is 4.68. The molecule has 0 aromatic heterocycles. The quantitative estimate of drug-likeness (QED) is 0.623. The fourth-order valence-electron chi connectivity index (χ4n) is 1.46. The minimum absolute atomic E-state index is 0.100. The van der Waals surface area contributed by atoms with Gasteiger partial charge in [0.1, 0.15) is 5.60 Å². The lowest BCUT2D eigenvalue weighted by molar-refractivity contribution is 0.0709. The van der Waals surface area contributed by atoms with Gasteiger partial charge in [0.15, 0.2) is 5.90 Å². The normalized spacial score (nSPS) is 17.1. The summed E-state index contributed by atoms with van der Waals surface area (Å²) in [6.07, 6.45) is 1.31. The summed E-state index contributed by atoms with van der Waals surface area (Å²) in [4.78, 5) is 15.9. The molecule has 1 heterocycles. The molecule has 0 radical (unpaired) electrons. The molecule has 0 aliphatic carbocycles. The molecule has 1 aliphatic heterocycles. The highest BCUT2D eigenvalue weighted by atomic mass is 16.5. The van der Waals surface area contributed by atoms with Crippen LogP contribution in [0, 0.1) is 0 Å². The molecule has 0 atom stereocenters. The SMILES string of the molecule is COC1=NCCB(C(=O)OC(C)(C)C)C1. The summed E-state index contributed by atoms with van der Waals surface area (Å²) in [7, 11) is 1.58. The number of carbonyl (C=O) groups excluding carboxylic acids is 1. The van der Waals surface area contributed by atoms with E-state index in [1.807, 2.05) is 20.8 Å². The van der Waals surface area contributed by atoms with Crippen molar-refractivity contribution in [3.8, 4) is 0 Å². The average Bonchev–Trinajstić information content (AvgIpc) is 2.15. The smallest absolute Gasteiger partial charge is 0.289 e. The Bertz CT molecular complexity index is 270. The molecule has 0 saturated carbocycles. The van der Waals surface area contributed by atoms with Gasteiger partial charge in [0.05, 0.1) is 7.11 Å². The Balaban J connectivity index is 2.52. The van der Waals surface area contributed by atoms with Crippen molar-refractivity contribution in [2.24, 2.45) is 4.99 Å². The van der Waals surface area contributed by atoms with Gasteiger partial charge in [-0.2, -0.15) is 0 Å². The molecule has 0 fully saturated rings.